The minimum atomic E-state index is -0.924. The Morgan fingerprint density at radius 1 is 1.10 bits per heavy atom. The number of fused-ring (bicyclic) bond motifs is 1. The summed E-state index contributed by atoms with van der Waals surface area (Å²) in [6.45, 7) is 10.9. The molecule has 0 unspecified atom stereocenters. The van der Waals surface area contributed by atoms with Crippen LogP contribution in [0.1, 0.15) is 81.6 Å². The highest BCUT2D eigenvalue weighted by atomic mass is 19.1. The molecular weight excluding hydrogens is 521 g/mol. The van der Waals surface area contributed by atoms with Gasteiger partial charge in [0, 0.05) is 54.9 Å². The summed E-state index contributed by atoms with van der Waals surface area (Å²) in [5.41, 5.74) is 3.15. The molecule has 1 saturated carbocycles. The minimum absolute atomic E-state index is 0.0188. The lowest BCUT2D eigenvalue weighted by atomic mass is 9.83. The number of nitrogens with one attached hydrogen (secondary N) is 1. The number of pyridine rings is 1. The van der Waals surface area contributed by atoms with E-state index in [9.17, 15) is 14.0 Å². The molecule has 0 bridgehead atoms. The zero-order valence-electron chi connectivity index (χ0n) is 24.5. The van der Waals surface area contributed by atoms with Crippen molar-refractivity contribution in [3.05, 3.63) is 59.8 Å². The van der Waals surface area contributed by atoms with Crippen LogP contribution in [0, 0.1) is 11.7 Å². The van der Waals surface area contributed by atoms with E-state index in [2.05, 4.69) is 21.4 Å². The maximum atomic E-state index is 14.5. The summed E-state index contributed by atoms with van der Waals surface area (Å²) < 4.78 is 16.5. The van der Waals surface area contributed by atoms with Crippen LogP contribution in [-0.2, 0) is 0 Å². The zero-order chi connectivity index (χ0) is 29.3. The Bertz CT molecular complexity index is 1380. The SMILES string of the molecule is CC(C)N(C(=O)c1cc(F)ccc1-n1cc(C2CN(CCC3CCC(NC(=O)O)CC3)C2)c2ccncc21)C(C)C. The number of benzene rings is 1. The molecule has 220 valence electrons. The number of halogens is 1. The van der Waals surface area contributed by atoms with Crippen LogP contribution in [0.4, 0.5) is 9.18 Å². The number of carbonyl (C=O) groups is 2. The molecule has 0 atom stereocenters. The van der Waals surface area contributed by atoms with Crippen LogP contribution in [0.2, 0.25) is 0 Å². The lowest BCUT2D eigenvalue weighted by Crippen LogP contribution is -2.45. The number of rotatable bonds is 9. The average Bonchev–Trinajstić information content (AvgIpc) is 3.27. The highest BCUT2D eigenvalue weighted by Crippen LogP contribution is 2.37. The van der Waals surface area contributed by atoms with Crippen molar-refractivity contribution in [3.8, 4) is 5.69 Å². The first-order valence-electron chi connectivity index (χ1n) is 14.9. The van der Waals surface area contributed by atoms with Gasteiger partial charge in [-0.1, -0.05) is 0 Å². The molecular formula is C32H42FN5O3. The predicted octanol–water partition coefficient (Wildman–Crippen LogP) is 6.04. The zero-order valence-corrected chi connectivity index (χ0v) is 24.5. The van der Waals surface area contributed by atoms with Gasteiger partial charge in [0.25, 0.3) is 5.91 Å². The molecule has 2 aromatic heterocycles. The molecule has 41 heavy (non-hydrogen) atoms. The summed E-state index contributed by atoms with van der Waals surface area (Å²) in [7, 11) is 0. The van der Waals surface area contributed by atoms with E-state index >= 15 is 0 Å². The first kappa shape index (κ1) is 29.0. The van der Waals surface area contributed by atoms with E-state index in [0.717, 1.165) is 62.6 Å². The van der Waals surface area contributed by atoms with Crippen LogP contribution in [0.25, 0.3) is 16.6 Å². The molecule has 2 N–H and O–H groups in total. The largest absolute Gasteiger partial charge is 0.465 e. The Balaban J connectivity index is 1.31. The molecule has 0 spiro atoms. The molecule has 0 radical (unpaired) electrons. The van der Waals surface area contributed by atoms with Gasteiger partial charge in [0.1, 0.15) is 5.82 Å². The Hall–Kier alpha value is -3.46. The fourth-order valence-corrected chi connectivity index (χ4v) is 6.80. The first-order chi connectivity index (χ1) is 19.6. The van der Waals surface area contributed by atoms with Crippen LogP contribution < -0.4 is 5.32 Å². The quantitative estimate of drug-likeness (QED) is 0.331. The molecule has 5 rings (SSSR count). The number of aromatic nitrogens is 2. The number of likely N-dealkylation sites (tertiary alicyclic amines) is 1. The third-order valence-electron chi connectivity index (χ3n) is 8.86. The molecule has 1 aliphatic heterocycles. The van der Waals surface area contributed by atoms with Gasteiger partial charge >= 0.3 is 6.09 Å². The van der Waals surface area contributed by atoms with Crippen molar-refractivity contribution < 1.29 is 19.1 Å². The number of hydrogen-bond acceptors (Lipinski definition) is 4. The van der Waals surface area contributed by atoms with Gasteiger partial charge in [-0.3, -0.25) is 9.78 Å². The molecule has 2 fully saturated rings. The minimum Gasteiger partial charge on any atom is -0.465 e. The third-order valence-corrected chi connectivity index (χ3v) is 8.86. The number of carbonyl (C=O) groups excluding carboxylic acids is 1. The highest BCUT2D eigenvalue weighted by Gasteiger charge is 2.32. The second-order valence-electron chi connectivity index (χ2n) is 12.3. The van der Waals surface area contributed by atoms with Gasteiger partial charge in [0.05, 0.1) is 23.0 Å². The standard InChI is InChI=1S/C32H42FN5O3/c1-20(2)38(21(3)4)31(39)27-15-24(33)7-10-29(27)37-19-28(26-11-13-34-16-30(26)37)23-17-36(18-23)14-12-22-5-8-25(9-6-22)35-32(40)41/h7,10-11,13,15-16,19-23,25,35H,5-6,8-9,12,14,17-18H2,1-4H3,(H,40,41). The van der Waals surface area contributed by atoms with Crippen LogP contribution in [0.3, 0.4) is 0 Å². The molecule has 1 saturated heterocycles. The third kappa shape index (κ3) is 6.25. The fraction of sp³-hybridized carbons (Fsp3) is 0.531. The summed E-state index contributed by atoms with van der Waals surface area (Å²) in [4.78, 5) is 33.3. The fourth-order valence-electron chi connectivity index (χ4n) is 6.80. The summed E-state index contributed by atoms with van der Waals surface area (Å²) >= 11 is 0. The number of carboxylic acid groups (broad SMARTS) is 1. The average molecular weight is 564 g/mol. The maximum Gasteiger partial charge on any atom is 0.404 e. The smallest absolute Gasteiger partial charge is 0.404 e. The Kier molecular flexibility index (Phi) is 8.63. The lowest BCUT2D eigenvalue weighted by Gasteiger charge is -2.40. The van der Waals surface area contributed by atoms with Gasteiger partial charge < -0.3 is 24.8 Å². The second-order valence-corrected chi connectivity index (χ2v) is 12.3. The van der Waals surface area contributed by atoms with Gasteiger partial charge in [-0.25, -0.2) is 9.18 Å². The van der Waals surface area contributed by atoms with Crippen LogP contribution >= 0.6 is 0 Å². The number of hydrogen-bond donors (Lipinski definition) is 2. The molecule has 3 heterocycles. The molecule has 2 aliphatic rings. The molecule has 1 aliphatic carbocycles. The van der Waals surface area contributed by atoms with Crippen molar-refractivity contribution in [2.24, 2.45) is 5.92 Å². The van der Waals surface area contributed by atoms with Gasteiger partial charge in [0.15, 0.2) is 0 Å². The van der Waals surface area contributed by atoms with E-state index in [-0.39, 0.29) is 24.0 Å². The predicted molar refractivity (Wildman–Crippen MR) is 158 cm³/mol. The van der Waals surface area contributed by atoms with Crippen LogP contribution in [-0.4, -0.2) is 74.2 Å². The Labute approximate surface area is 241 Å². The van der Waals surface area contributed by atoms with Gasteiger partial charge in [-0.2, -0.15) is 0 Å². The van der Waals surface area contributed by atoms with E-state index in [1.54, 1.807) is 17.2 Å². The summed E-state index contributed by atoms with van der Waals surface area (Å²) in [6.07, 6.45) is 9.96. The molecule has 8 nitrogen and oxygen atoms in total. The lowest BCUT2D eigenvalue weighted by molar-refractivity contribution is 0.0643. The van der Waals surface area contributed by atoms with Crippen LogP contribution in [0.5, 0.6) is 0 Å². The highest BCUT2D eigenvalue weighted by molar-refractivity contribution is 5.99. The maximum absolute atomic E-state index is 14.5. The first-order valence-corrected chi connectivity index (χ1v) is 14.9. The van der Waals surface area contributed by atoms with Gasteiger partial charge in [-0.05, 0) is 102 Å². The van der Waals surface area contributed by atoms with E-state index in [1.165, 1.54) is 17.7 Å². The van der Waals surface area contributed by atoms with Crippen molar-refractivity contribution in [1.29, 1.82) is 0 Å². The Morgan fingerprint density at radius 3 is 2.46 bits per heavy atom. The van der Waals surface area contributed by atoms with Crippen molar-refractivity contribution in [2.75, 3.05) is 19.6 Å². The Morgan fingerprint density at radius 2 is 1.80 bits per heavy atom. The van der Waals surface area contributed by atoms with Gasteiger partial charge in [-0.15, -0.1) is 0 Å². The molecule has 2 amide bonds. The van der Waals surface area contributed by atoms with Crippen molar-refractivity contribution in [1.82, 2.24) is 24.7 Å². The summed E-state index contributed by atoms with van der Waals surface area (Å²) in [6, 6.07) is 6.56. The van der Waals surface area contributed by atoms with Gasteiger partial charge in [0.2, 0.25) is 0 Å². The van der Waals surface area contributed by atoms with Crippen LogP contribution in [0.15, 0.2) is 42.9 Å². The van der Waals surface area contributed by atoms with Crippen molar-refractivity contribution in [3.63, 3.8) is 0 Å². The topological polar surface area (TPSA) is 90.7 Å². The van der Waals surface area contributed by atoms with Crippen molar-refractivity contribution in [2.45, 2.75) is 83.8 Å². The molecule has 3 aromatic rings. The normalized spacial score (nSPS) is 20.0. The number of amides is 2. The summed E-state index contributed by atoms with van der Waals surface area (Å²) in [5, 5.41) is 12.7. The van der Waals surface area contributed by atoms with E-state index in [1.807, 2.05) is 44.5 Å². The van der Waals surface area contributed by atoms with E-state index in [4.69, 9.17) is 5.11 Å². The molecule has 1 aromatic carbocycles. The van der Waals surface area contributed by atoms with Crippen molar-refractivity contribution >= 4 is 22.9 Å². The van der Waals surface area contributed by atoms with E-state index < -0.39 is 11.9 Å². The van der Waals surface area contributed by atoms with E-state index in [0.29, 0.717) is 23.1 Å². The monoisotopic (exact) mass is 563 g/mol. The second kappa shape index (κ2) is 12.2. The summed E-state index contributed by atoms with van der Waals surface area (Å²) in [5.74, 6) is 0.415. The number of nitrogens with zero attached hydrogens (tertiary/aromatic N) is 4. The molecule has 9 heteroatoms.